The zero-order valence-electron chi connectivity index (χ0n) is 16.7. The molecule has 0 aliphatic carbocycles. The Morgan fingerprint density at radius 3 is 2.90 bits per heavy atom. The average molecular weight is 427 g/mol. The highest BCUT2D eigenvalue weighted by molar-refractivity contribution is 7.15. The van der Waals surface area contributed by atoms with Gasteiger partial charge in [-0.2, -0.15) is 4.98 Å². The molecule has 3 aromatic rings. The Hall–Kier alpha value is -2.98. The molecular formula is C20H22N6O3S. The Morgan fingerprint density at radius 2 is 2.20 bits per heavy atom. The monoisotopic (exact) mass is 426 g/mol. The van der Waals surface area contributed by atoms with E-state index >= 15 is 0 Å². The van der Waals surface area contributed by atoms with Gasteiger partial charge in [-0.1, -0.05) is 6.07 Å². The van der Waals surface area contributed by atoms with Crippen molar-refractivity contribution >= 4 is 23.4 Å². The lowest BCUT2D eigenvalue weighted by Gasteiger charge is -2.28. The van der Waals surface area contributed by atoms with Gasteiger partial charge >= 0.3 is 6.09 Å². The number of rotatable bonds is 4. The molecule has 3 N–H and O–H groups in total. The third-order valence-electron chi connectivity index (χ3n) is 5.33. The maximum atomic E-state index is 11.0. The van der Waals surface area contributed by atoms with E-state index in [2.05, 4.69) is 38.9 Å². The van der Waals surface area contributed by atoms with E-state index in [9.17, 15) is 4.79 Å². The molecule has 0 radical (unpaired) electrons. The first-order valence-corrected chi connectivity index (χ1v) is 10.8. The van der Waals surface area contributed by atoms with E-state index in [-0.39, 0.29) is 12.0 Å². The molecule has 0 saturated carbocycles. The number of thiazole rings is 1. The molecule has 10 heteroatoms. The molecule has 156 valence electrons. The Morgan fingerprint density at radius 1 is 1.37 bits per heavy atom. The molecule has 0 atom stereocenters. The molecule has 4 heterocycles. The van der Waals surface area contributed by atoms with Crippen LogP contribution in [0.1, 0.15) is 36.2 Å². The first kappa shape index (κ1) is 19.0. The molecular weight excluding hydrogens is 404 g/mol. The van der Waals surface area contributed by atoms with E-state index < -0.39 is 6.09 Å². The number of nitrogens with one attached hydrogen (secondary N) is 2. The van der Waals surface area contributed by atoms with Crippen molar-refractivity contribution in [1.29, 1.82) is 0 Å². The number of fused-ring (bicyclic) bond motifs is 3. The van der Waals surface area contributed by atoms with Crippen LogP contribution in [0.25, 0.3) is 22.1 Å². The fourth-order valence-corrected chi connectivity index (χ4v) is 4.73. The molecule has 0 spiro atoms. The smallest absolute Gasteiger partial charge is 0.411 e. The number of aromatic nitrogens is 4. The molecule has 1 fully saturated rings. The van der Waals surface area contributed by atoms with Crippen molar-refractivity contribution in [2.75, 3.05) is 25.0 Å². The van der Waals surface area contributed by atoms with E-state index in [0.717, 1.165) is 46.4 Å². The first-order valence-electron chi connectivity index (χ1n) is 9.94. The highest BCUT2D eigenvalue weighted by Crippen LogP contribution is 2.41. The number of carbonyl (C=O) groups is 1. The van der Waals surface area contributed by atoms with Crippen molar-refractivity contribution in [3.05, 3.63) is 28.6 Å². The molecule has 1 aromatic carbocycles. The number of amides is 1. The van der Waals surface area contributed by atoms with Crippen molar-refractivity contribution < 1.29 is 14.6 Å². The maximum absolute atomic E-state index is 11.0. The van der Waals surface area contributed by atoms with Crippen LogP contribution in [0, 0.1) is 0 Å². The zero-order chi connectivity index (χ0) is 20.8. The van der Waals surface area contributed by atoms with Crippen LogP contribution in [0.3, 0.4) is 0 Å². The summed E-state index contributed by atoms with van der Waals surface area (Å²) >= 11 is 1.56. The van der Waals surface area contributed by atoms with Crippen LogP contribution in [0.15, 0.2) is 18.2 Å². The molecule has 2 aliphatic heterocycles. The highest BCUT2D eigenvalue weighted by Gasteiger charge is 2.26. The summed E-state index contributed by atoms with van der Waals surface area (Å²) in [6.07, 6.45) is -0.432. The summed E-state index contributed by atoms with van der Waals surface area (Å²) in [7, 11) is 0. The molecule has 2 aliphatic rings. The molecule has 1 amide bonds. The van der Waals surface area contributed by atoms with Crippen LogP contribution in [0.4, 0.5) is 10.7 Å². The topological polar surface area (TPSA) is 114 Å². The second-order valence-corrected chi connectivity index (χ2v) is 8.81. The number of benzene rings is 1. The van der Waals surface area contributed by atoms with Gasteiger partial charge < -0.3 is 15.2 Å². The predicted molar refractivity (Wildman–Crippen MR) is 113 cm³/mol. The third-order valence-corrected chi connectivity index (χ3v) is 6.44. The summed E-state index contributed by atoms with van der Waals surface area (Å²) in [6, 6.07) is 6.41. The fraction of sp³-hybridized carbons (Fsp3) is 0.400. The molecule has 0 bridgehead atoms. The van der Waals surface area contributed by atoms with Gasteiger partial charge in [0, 0.05) is 41.9 Å². The standard InChI is InChI=1S/C20H22N6O3S/c1-10(2)26-17(23-19(25-26)24-20(27)28)18-22-16-13-4-3-11(12-8-21-9-12)7-14(13)29-6-5-15(16)30-18/h3-4,7,10,12,21H,5-6,8-9H2,1-2H3,(H,24,25)(H,27,28). The van der Waals surface area contributed by atoms with Crippen LogP contribution in [-0.2, 0) is 6.42 Å². The van der Waals surface area contributed by atoms with Gasteiger partial charge in [0.05, 0.1) is 12.3 Å². The maximum Gasteiger partial charge on any atom is 0.411 e. The summed E-state index contributed by atoms with van der Waals surface area (Å²) in [5, 5.41) is 19.6. The van der Waals surface area contributed by atoms with E-state index in [4.69, 9.17) is 14.8 Å². The number of hydrogen-bond acceptors (Lipinski definition) is 7. The summed E-state index contributed by atoms with van der Waals surface area (Å²) in [6.45, 7) is 6.55. The van der Waals surface area contributed by atoms with Gasteiger partial charge in [-0.05, 0) is 31.5 Å². The zero-order valence-corrected chi connectivity index (χ0v) is 17.5. The Bertz CT molecular complexity index is 1120. The molecule has 0 unspecified atom stereocenters. The number of nitrogens with zero attached hydrogens (tertiary/aromatic N) is 4. The highest BCUT2D eigenvalue weighted by atomic mass is 32.1. The largest absolute Gasteiger partial charge is 0.492 e. The van der Waals surface area contributed by atoms with Crippen LogP contribution in [0.5, 0.6) is 5.75 Å². The lowest BCUT2D eigenvalue weighted by Crippen LogP contribution is -2.39. The van der Waals surface area contributed by atoms with Crippen molar-refractivity contribution in [1.82, 2.24) is 25.1 Å². The van der Waals surface area contributed by atoms with E-state index in [1.165, 1.54) is 5.56 Å². The minimum absolute atomic E-state index is 0.00909. The van der Waals surface area contributed by atoms with Crippen molar-refractivity contribution in [2.45, 2.75) is 32.2 Å². The minimum Gasteiger partial charge on any atom is -0.492 e. The summed E-state index contributed by atoms with van der Waals surface area (Å²) < 4.78 is 7.74. The van der Waals surface area contributed by atoms with Crippen molar-refractivity contribution in [3.63, 3.8) is 0 Å². The lowest BCUT2D eigenvalue weighted by atomic mass is 9.92. The molecule has 9 nitrogen and oxygen atoms in total. The van der Waals surface area contributed by atoms with E-state index in [1.54, 1.807) is 16.0 Å². The van der Waals surface area contributed by atoms with Gasteiger partial charge in [0.15, 0.2) is 10.8 Å². The fourth-order valence-electron chi connectivity index (χ4n) is 3.69. The normalized spacial score (nSPS) is 15.7. The number of carboxylic acid groups (broad SMARTS) is 1. The lowest BCUT2D eigenvalue weighted by molar-refractivity contribution is 0.209. The second-order valence-electron chi connectivity index (χ2n) is 7.73. The third kappa shape index (κ3) is 3.31. The summed E-state index contributed by atoms with van der Waals surface area (Å²) in [5.41, 5.74) is 3.18. The van der Waals surface area contributed by atoms with Gasteiger partial charge in [0.2, 0.25) is 0 Å². The van der Waals surface area contributed by atoms with Crippen LogP contribution in [-0.4, -0.2) is 50.6 Å². The van der Waals surface area contributed by atoms with Gasteiger partial charge in [-0.25, -0.2) is 14.5 Å². The quantitative estimate of drug-likeness (QED) is 0.586. The van der Waals surface area contributed by atoms with Crippen LogP contribution >= 0.6 is 11.3 Å². The average Bonchev–Trinajstić information content (AvgIpc) is 3.21. The summed E-state index contributed by atoms with van der Waals surface area (Å²) in [5.74, 6) is 2.02. The van der Waals surface area contributed by atoms with E-state index in [1.807, 2.05) is 13.8 Å². The number of ether oxygens (including phenoxy) is 1. The van der Waals surface area contributed by atoms with Crippen molar-refractivity contribution in [2.24, 2.45) is 0 Å². The molecule has 2 aromatic heterocycles. The Kier molecular flexibility index (Phi) is 4.67. The van der Waals surface area contributed by atoms with Gasteiger partial charge in [-0.3, -0.25) is 5.32 Å². The SMILES string of the molecule is CC(C)n1nc(NC(=O)O)nc1-c1nc2c(s1)CCOc1cc(C3CNC3)ccc1-2. The molecule has 1 saturated heterocycles. The Labute approximate surface area is 177 Å². The molecule has 5 rings (SSSR count). The second kappa shape index (κ2) is 7.37. The van der Waals surface area contributed by atoms with Gasteiger partial charge in [0.25, 0.3) is 5.95 Å². The Balaban J connectivity index is 1.56. The number of hydrogen-bond donors (Lipinski definition) is 3. The number of anilines is 1. The predicted octanol–water partition coefficient (Wildman–Crippen LogP) is 3.36. The summed E-state index contributed by atoms with van der Waals surface area (Å²) in [4.78, 5) is 21.4. The van der Waals surface area contributed by atoms with Gasteiger partial charge in [0.1, 0.15) is 5.75 Å². The van der Waals surface area contributed by atoms with Crippen LogP contribution in [0.2, 0.25) is 0 Å². The van der Waals surface area contributed by atoms with E-state index in [0.29, 0.717) is 18.3 Å². The molecule has 30 heavy (non-hydrogen) atoms. The van der Waals surface area contributed by atoms with Crippen LogP contribution < -0.4 is 15.4 Å². The minimum atomic E-state index is -1.19. The van der Waals surface area contributed by atoms with Gasteiger partial charge in [-0.15, -0.1) is 16.4 Å². The first-order chi connectivity index (χ1) is 14.5. The van der Waals surface area contributed by atoms with Crippen molar-refractivity contribution in [3.8, 4) is 27.8 Å².